The Morgan fingerprint density at radius 1 is 0.921 bits per heavy atom. The van der Waals surface area contributed by atoms with Crippen molar-refractivity contribution in [2.45, 2.75) is 32.8 Å². The van der Waals surface area contributed by atoms with E-state index in [2.05, 4.69) is 17.1 Å². The fraction of sp³-hybridized carbons (Fsp3) is 0.333. The zero-order valence-electron chi connectivity index (χ0n) is 22.1. The molecule has 1 aliphatic rings. The smallest absolute Gasteiger partial charge is 0.267 e. The van der Waals surface area contributed by atoms with Gasteiger partial charge < -0.3 is 24.6 Å². The molecule has 0 aliphatic carbocycles. The van der Waals surface area contributed by atoms with Crippen molar-refractivity contribution < 1.29 is 19.1 Å². The van der Waals surface area contributed by atoms with Crippen LogP contribution in [0.25, 0.3) is 0 Å². The number of hydrogen-bond donors (Lipinski definition) is 1. The first-order chi connectivity index (χ1) is 18.3. The molecule has 0 spiro atoms. The molecule has 0 aromatic heterocycles. The van der Waals surface area contributed by atoms with Gasteiger partial charge in [-0.05, 0) is 74.9 Å². The number of carbonyl (C=O) groups is 2. The number of piperazine rings is 1. The number of nitrogens with zero attached hydrogens (tertiary/aromatic N) is 2. The summed E-state index contributed by atoms with van der Waals surface area (Å²) < 4.78 is 11.5. The number of carbonyl (C=O) groups excluding carboxylic acids is 2. The number of halogens is 1. The second-order valence-corrected chi connectivity index (χ2v) is 10.1. The van der Waals surface area contributed by atoms with E-state index in [4.69, 9.17) is 21.1 Å². The summed E-state index contributed by atoms with van der Waals surface area (Å²) >= 11 is 6.62. The highest BCUT2D eigenvalue weighted by atomic mass is 35.5. The van der Waals surface area contributed by atoms with Crippen LogP contribution in [-0.4, -0.2) is 55.1 Å². The van der Waals surface area contributed by atoms with Gasteiger partial charge in [0.25, 0.3) is 11.8 Å². The molecule has 0 bridgehead atoms. The van der Waals surface area contributed by atoms with E-state index in [-0.39, 0.29) is 11.8 Å². The second-order valence-electron chi connectivity index (χ2n) is 9.70. The first kappa shape index (κ1) is 27.3. The van der Waals surface area contributed by atoms with E-state index in [1.165, 1.54) is 0 Å². The molecule has 1 fully saturated rings. The fourth-order valence-electron chi connectivity index (χ4n) is 4.20. The molecule has 0 radical (unpaired) electrons. The van der Waals surface area contributed by atoms with Crippen molar-refractivity contribution in [3.63, 3.8) is 0 Å². The van der Waals surface area contributed by atoms with Gasteiger partial charge in [-0.3, -0.25) is 9.59 Å². The summed E-state index contributed by atoms with van der Waals surface area (Å²) in [7, 11) is 0. The average molecular weight is 536 g/mol. The minimum atomic E-state index is -1.07. The van der Waals surface area contributed by atoms with Crippen LogP contribution in [0.5, 0.6) is 11.5 Å². The number of para-hydroxylation sites is 1. The number of nitrogens with one attached hydrogen (secondary N) is 1. The Bertz CT molecular complexity index is 1240. The lowest BCUT2D eigenvalue weighted by Gasteiger charge is -2.36. The number of amides is 2. The SMILES string of the molecule is CCCOc1ccc(C(=O)N2CCN(c3ccc(NC(=O)C(C)(C)Oc4ccccc4)cc3Cl)CC2)cc1. The molecule has 1 N–H and O–H groups in total. The third-order valence-electron chi connectivity index (χ3n) is 6.35. The topological polar surface area (TPSA) is 71.1 Å². The predicted molar refractivity (Wildman–Crippen MR) is 152 cm³/mol. The van der Waals surface area contributed by atoms with Crippen LogP contribution in [0.2, 0.25) is 5.02 Å². The molecular formula is C30H34ClN3O4. The van der Waals surface area contributed by atoms with Crippen LogP contribution in [0.4, 0.5) is 11.4 Å². The van der Waals surface area contributed by atoms with Gasteiger partial charge in [0.05, 0.1) is 17.3 Å². The molecule has 7 nitrogen and oxygen atoms in total. The maximum Gasteiger partial charge on any atom is 0.267 e. The summed E-state index contributed by atoms with van der Waals surface area (Å²) in [4.78, 5) is 29.9. The number of ether oxygens (including phenoxy) is 2. The molecule has 1 aliphatic heterocycles. The van der Waals surface area contributed by atoms with E-state index >= 15 is 0 Å². The Labute approximate surface area is 229 Å². The van der Waals surface area contributed by atoms with Crippen molar-refractivity contribution in [3.8, 4) is 11.5 Å². The van der Waals surface area contributed by atoms with Gasteiger partial charge in [0.1, 0.15) is 11.5 Å². The Morgan fingerprint density at radius 3 is 2.24 bits per heavy atom. The molecule has 4 rings (SSSR count). The molecule has 8 heteroatoms. The molecule has 0 unspecified atom stereocenters. The Hall–Kier alpha value is -3.71. The molecule has 200 valence electrons. The maximum atomic E-state index is 13.0. The lowest BCUT2D eigenvalue weighted by molar-refractivity contribution is -0.128. The van der Waals surface area contributed by atoms with Gasteiger partial charge in [0, 0.05) is 37.4 Å². The minimum absolute atomic E-state index is 0.0104. The van der Waals surface area contributed by atoms with Crippen molar-refractivity contribution in [3.05, 3.63) is 83.4 Å². The van der Waals surface area contributed by atoms with Gasteiger partial charge >= 0.3 is 0 Å². The van der Waals surface area contributed by atoms with Gasteiger partial charge in [-0.1, -0.05) is 36.7 Å². The number of hydrogen-bond acceptors (Lipinski definition) is 5. The number of anilines is 2. The normalized spacial score (nSPS) is 13.7. The van der Waals surface area contributed by atoms with E-state index in [9.17, 15) is 9.59 Å². The van der Waals surface area contributed by atoms with Gasteiger partial charge in [-0.25, -0.2) is 0 Å². The van der Waals surface area contributed by atoms with Crippen LogP contribution in [0.3, 0.4) is 0 Å². The summed E-state index contributed by atoms with van der Waals surface area (Å²) in [5.41, 5.74) is 1.04. The van der Waals surface area contributed by atoms with E-state index < -0.39 is 5.60 Å². The molecule has 38 heavy (non-hydrogen) atoms. The monoisotopic (exact) mass is 535 g/mol. The van der Waals surface area contributed by atoms with Gasteiger partial charge in [-0.2, -0.15) is 0 Å². The zero-order chi connectivity index (χ0) is 27.1. The third-order valence-corrected chi connectivity index (χ3v) is 6.65. The van der Waals surface area contributed by atoms with Gasteiger partial charge in [-0.15, -0.1) is 0 Å². The van der Waals surface area contributed by atoms with E-state index in [1.54, 1.807) is 19.9 Å². The first-order valence-electron chi connectivity index (χ1n) is 12.9. The van der Waals surface area contributed by atoms with Gasteiger partial charge in [0.2, 0.25) is 0 Å². The van der Waals surface area contributed by atoms with Crippen molar-refractivity contribution in [1.82, 2.24) is 4.90 Å². The van der Waals surface area contributed by atoms with Crippen LogP contribution in [0.15, 0.2) is 72.8 Å². The van der Waals surface area contributed by atoms with Gasteiger partial charge in [0.15, 0.2) is 5.60 Å². The molecule has 1 heterocycles. The summed E-state index contributed by atoms with van der Waals surface area (Å²) in [5.74, 6) is 1.13. The van der Waals surface area contributed by atoms with Crippen LogP contribution in [-0.2, 0) is 4.79 Å². The Morgan fingerprint density at radius 2 is 1.61 bits per heavy atom. The number of benzene rings is 3. The Kier molecular flexibility index (Phi) is 8.79. The van der Waals surface area contributed by atoms with Crippen molar-refractivity contribution in [1.29, 1.82) is 0 Å². The van der Waals surface area contributed by atoms with E-state index in [0.29, 0.717) is 54.8 Å². The van der Waals surface area contributed by atoms with Crippen molar-refractivity contribution >= 4 is 34.8 Å². The molecule has 3 aromatic rings. The highest BCUT2D eigenvalue weighted by molar-refractivity contribution is 6.33. The van der Waals surface area contributed by atoms with E-state index in [1.807, 2.05) is 71.6 Å². The predicted octanol–water partition coefficient (Wildman–Crippen LogP) is 5.89. The highest BCUT2D eigenvalue weighted by Crippen LogP contribution is 2.30. The van der Waals surface area contributed by atoms with E-state index in [0.717, 1.165) is 17.9 Å². The third kappa shape index (κ3) is 6.78. The summed E-state index contributed by atoms with van der Waals surface area (Å²) in [6, 6.07) is 22.0. The zero-order valence-corrected chi connectivity index (χ0v) is 22.8. The van der Waals surface area contributed by atoms with Crippen LogP contribution in [0.1, 0.15) is 37.6 Å². The molecule has 3 aromatic carbocycles. The molecule has 0 atom stereocenters. The second kappa shape index (κ2) is 12.2. The largest absolute Gasteiger partial charge is 0.494 e. The average Bonchev–Trinajstić information content (AvgIpc) is 2.92. The molecular weight excluding hydrogens is 502 g/mol. The standard InChI is InChI=1S/C30H34ClN3O4/c1-4-20-37-24-13-10-22(11-14-24)28(35)34-18-16-33(17-19-34)27-15-12-23(21-26(27)31)32-29(36)30(2,3)38-25-8-6-5-7-9-25/h5-15,21H,4,16-20H2,1-3H3,(H,32,36). The maximum absolute atomic E-state index is 13.0. The van der Waals surface area contributed by atoms with Crippen molar-refractivity contribution in [2.24, 2.45) is 0 Å². The Balaban J connectivity index is 1.32. The van der Waals surface area contributed by atoms with Crippen LogP contribution in [0, 0.1) is 0 Å². The van der Waals surface area contributed by atoms with Crippen LogP contribution < -0.4 is 19.7 Å². The lowest BCUT2D eigenvalue weighted by atomic mass is 10.1. The quantitative estimate of drug-likeness (QED) is 0.370. The highest BCUT2D eigenvalue weighted by Gasteiger charge is 2.30. The number of rotatable bonds is 9. The first-order valence-corrected chi connectivity index (χ1v) is 13.3. The molecule has 2 amide bonds. The molecule has 1 saturated heterocycles. The van der Waals surface area contributed by atoms with Crippen LogP contribution >= 0.6 is 11.6 Å². The summed E-state index contributed by atoms with van der Waals surface area (Å²) in [6.07, 6.45) is 0.939. The summed E-state index contributed by atoms with van der Waals surface area (Å²) in [5, 5.41) is 3.43. The summed E-state index contributed by atoms with van der Waals surface area (Å²) in [6.45, 7) is 8.66. The van der Waals surface area contributed by atoms with Crippen molar-refractivity contribution in [2.75, 3.05) is 43.0 Å². The fourth-order valence-corrected chi connectivity index (χ4v) is 4.50. The lowest BCUT2D eigenvalue weighted by Crippen LogP contribution is -2.48. The molecule has 0 saturated carbocycles. The minimum Gasteiger partial charge on any atom is -0.494 e.